The lowest BCUT2D eigenvalue weighted by molar-refractivity contribution is -0.126. The van der Waals surface area contributed by atoms with Gasteiger partial charge in [-0.2, -0.15) is 4.31 Å². The summed E-state index contributed by atoms with van der Waals surface area (Å²) < 4.78 is 28.2. The molecular formula is C27H32N2O3S. The second-order valence-corrected chi connectivity index (χ2v) is 11.2. The van der Waals surface area contributed by atoms with Gasteiger partial charge in [0.15, 0.2) is 0 Å². The first-order valence-corrected chi connectivity index (χ1v) is 13.0. The van der Waals surface area contributed by atoms with Crippen molar-refractivity contribution < 1.29 is 13.2 Å². The fourth-order valence-corrected chi connectivity index (χ4v) is 6.27. The van der Waals surface area contributed by atoms with Crippen LogP contribution in [0.2, 0.25) is 0 Å². The number of benzene rings is 3. The summed E-state index contributed by atoms with van der Waals surface area (Å²) in [5, 5.41) is 5.02. The first-order valence-electron chi connectivity index (χ1n) is 11.5. The molecule has 33 heavy (non-hydrogen) atoms. The predicted octanol–water partition coefficient (Wildman–Crippen LogP) is 5.04. The molecule has 1 aliphatic heterocycles. The van der Waals surface area contributed by atoms with E-state index >= 15 is 0 Å². The average molecular weight is 465 g/mol. The van der Waals surface area contributed by atoms with E-state index in [1.165, 1.54) is 15.4 Å². The van der Waals surface area contributed by atoms with Crippen LogP contribution in [0.4, 0.5) is 0 Å². The predicted molar refractivity (Wildman–Crippen MR) is 133 cm³/mol. The molecule has 1 amide bonds. The van der Waals surface area contributed by atoms with Crippen molar-refractivity contribution in [2.24, 2.45) is 5.92 Å². The summed E-state index contributed by atoms with van der Waals surface area (Å²) in [5.41, 5.74) is 4.68. The molecule has 1 fully saturated rings. The highest BCUT2D eigenvalue weighted by Crippen LogP contribution is 2.27. The summed E-state index contributed by atoms with van der Waals surface area (Å²) in [6, 6.07) is 17.1. The molecule has 3 aromatic carbocycles. The zero-order chi connectivity index (χ0) is 23.8. The number of amides is 1. The summed E-state index contributed by atoms with van der Waals surface area (Å²) in [7, 11) is -3.66. The van der Waals surface area contributed by atoms with Gasteiger partial charge in [0.25, 0.3) is 0 Å². The lowest BCUT2D eigenvalue weighted by Crippen LogP contribution is -2.45. The van der Waals surface area contributed by atoms with Crippen molar-refractivity contribution in [3.05, 3.63) is 76.9 Å². The Morgan fingerprint density at radius 1 is 0.970 bits per heavy atom. The van der Waals surface area contributed by atoms with Crippen molar-refractivity contribution in [3.63, 3.8) is 0 Å². The highest BCUT2D eigenvalue weighted by Gasteiger charge is 2.34. The molecule has 1 saturated heterocycles. The van der Waals surface area contributed by atoms with E-state index in [2.05, 4.69) is 38.2 Å². The standard InChI is InChI=1S/C27H32N2O3S/c1-18-14-20(3)26(15-19(18)2)21(4)28-27(30)24-10-7-13-29(17-24)33(31,32)25-12-11-22-8-5-6-9-23(22)16-25/h5-6,8-9,11-12,14-16,21,24H,7,10,13,17H2,1-4H3,(H,28,30)/t21-,24-/m0/s1. The topological polar surface area (TPSA) is 66.5 Å². The van der Waals surface area contributed by atoms with Gasteiger partial charge >= 0.3 is 0 Å². The second kappa shape index (κ2) is 9.27. The van der Waals surface area contributed by atoms with Crippen LogP contribution >= 0.6 is 0 Å². The van der Waals surface area contributed by atoms with Crippen LogP contribution in [0.15, 0.2) is 59.5 Å². The van der Waals surface area contributed by atoms with E-state index in [0.717, 1.165) is 21.9 Å². The smallest absolute Gasteiger partial charge is 0.243 e. The minimum Gasteiger partial charge on any atom is -0.349 e. The third kappa shape index (κ3) is 4.82. The maximum atomic E-state index is 13.4. The third-order valence-corrected chi connectivity index (χ3v) is 8.68. The first kappa shape index (κ1) is 23.5. The van der Waals surface area contributed by atoms with Crippen LogP contribution in [0.3, 0.4) is 0 Å². The minimum atomic E-state index is -3.66. The molecule has 174 valence electrons. The summed E-state index contributed by atoms with van der Waals surface area (Å²) in [6.07, 6.45) is 1.36. The SMILES string of the molecule is Cc1cc(C)c([C@H](C)NC(=O)[C@H]2CCCN(S(=O)(=O)c3ccc4ccccc4c3)C2)cc1C. The van der Waals surface area contributed by atoms with Crippen molar-refractivity contribution in [2.45, 2.75) is 51.5 Å². The van der Waals surface area contributed by atoms with E-state index in [1.54, 1.807) is 12.1 Å². The maximum Gasteiger partial charge on any atom is 0.243 e. The van der Waals surface area contributed by atoms with Crippen molar-refractivity contribution in [1.82, 2.24) is 9.62 Å². The molecule has 1 aliphatic rings. The number of nitrogens with one attached hydrogen (secondary N) is 1. The Hall–Kier alpha value is -2.70. The number of hydrogen-bond donors (Lipinski definition) is 1. The van der Waals surface area contributed by atoms with Crippen molar-refractivity contribution in [2.75, 3.05) is 13.1 Å². The molecule has 0 aliphatic carbocycles. The molecule has 2 atom stereocenters. The Morgan fingerprint density at radius 3 is 2.42 bits per heavy atom. The molecule has 0 aromatic heterocycles. The average Bonchev–Trinajstić information content (AvgIpc) is 2.81. The molecule has 4 rings (SSSR count). The maximum absolute atomic E-state index is 13.4. The summed E-state index contributed by atoms with van der Waals surface area (Å²) in [5.74, 6) is -0.443. The van der Waals surface area contributed by atoms with Crippen LogP contribution < -0.4 is 5.32 Å². The van der Waals surface area contributed by atoms with Crippen LogP contribution in [0.1, 0.15) is 48.1 Å². The minimum absolute atomic E-state index is 0.0847. The number of sulfonamides is 1. The van der Waals surface area contributed by atoms with Crippen LogP contribution in [0.25, 0.3) is 10.8 Å². The Bertz CT molecular complexity index is 1300. The Morgan fingerprint density at radius 2 is 1.67 bits per heavy atom. The summed E-state index contributed by atoms with van der Waals surface area (Å²) in [6.45, 7) is 8.85. The third-order valence-electron chi connectivity index (χ3n) is 6.82. The monoisotopic (exact) mass is 464 g/mol. The molecular weight excluding hydrogens is 432 g/mol. The van der Waals surface area contributed by atoms with Crippen LogP contribution in [-0.2, 0) is 14.8 Å². The number of piperidine rings is 1. The van der Waals surface area contributed by atoms with Crippen molar-refractivity contribution in [3.8, 4) is 0 Å². The summed E-state index contributed by atoms with van der Waals surface area (Å²) in [4.78, 5) is 13.4. The quantitative estimate of drug-likeness (QED) is 0.575. The summed E-state index contributed by atoms with van der Waals surface area (Å²) >= 11 is 0. The van der Waals surface area contributed by atoms with Crippen LogP contribution in [0, 0.1) is 26.7 Å². The molecule has 0 radical (unpaired) electrons. The van der Waals surface area contributed by atoms with Crippen LogP contribution in [-0.4, -0.2) is 31.7 Å². The van der Waals surface area contributed by atoms with E-state index in [0.29, 0.717) is 19.4 Å². The van der Waals surface area contributed by atoms with Crippen molar-refractivity contribution in [1.29, 1.82) is 0 Å². The molecule has 1 N–H and O–H groups in total. The zero-order valence-electron chi connectivity index (χ0n) is 19.8. The van der Waals surface area contributed by atoms with E-state index in [4.69, 9.17) is 0 Å². The van der Waals surface area contributed by atoms with E-state index < -0.39 is 10.0 Å². The number of carbonyl (C=O) groups excluding carboxylic acids is 1. The Kier molecular flexibility index (Phi) is 6.59. The van der Waals surface area contributed by atoms with Gasteiger partial charge in [-0.15, -0.1) is 0 Å². The molecule has 1 heterocycles. The number of fused-ring (bicyclic) bond motifs is 1. The Balaban J connectivity index is 1.49. The molecule has 0 spiro atoms. The lowest BCUT2D eigenvalue weighted by atomic mass is 9.95. The Labute approximate surface area is 196 Å². The number of hydrogen-bond acceptors (Lipinski definition) is 3. The number of nitrogens with zero attached hydrogens (tertiary/aromatic N) is 1. The van der Waals surface area contributed by atoms with Gasteiger partial charge in [0, 0.05) is 13.1 Å². The molecule has 3 aromatic rings. The molecule has 5 nitrogen and oxygen atoms in total. The van der Waals surface area contributed by atoms with Gasteiger partial charge in [-0.1, -0.05) is 42.5 Å². The number of rotatable bonds is 5. The molecule has 0 unspecified atom stereocenters. The highest BCUT2D eigenvalue weighted by atomic mass is 32.2. The van der Waals surface area contributed by atoms with Gasteiger partial charge in [0.1, 0.15) is 0 Å². The van der Waals surface area contributed by atoms with Gasteiger partial charge in [0.05, 0.1) is 16.9 Å². The lowest BCUT2D eigenvalue weighted by Gasteiger charge is -2.32. The van der Waals surface area contributed by atoms with Gasteiger partial charge in [-0.3, -0.25) is 4.79 Å². The van der Waals surface area contributed by atoms with Gasteiger partial charge in [-0.05, 0) is 85.7 Å². The second-order valence-electron chi connectivity index (χ2n) is 9.23. The largest absolute Gasteiger partial charge is 0.349 e. The van der Waals surface area contributed by atoms with E-state index in [-0.39, 0.29) is 29.3 Å². The number of carbonyl (C=O) groups is 1. The molecule has 0 bridgehead atoms. The van der Waals surface area contributed by atoms with E-state index in [1.807, 2.05) is 37.3 Å². The zero-order valence-corrected chi connectivity index (χ0v) is 20.6. The van der Waals surface area contributed by atoms with Gasteiger partial charge < -0.3 is 5.32 Å². The van der Waals surface area contributed by atoms with Crippen LogP contribution in [0.5, 0.6) is 0 Å². The fraction of sp³-hybridized carbons (Fsp3) is 0.370. The fourth-order valence-electron chi connectivity index (χ4n) is 4.71. The highest BCUT2D eigenvalue weighted by molar-refractivity contribution is 7.89. The normalized spacial score (nSPS) is 18.2. The number of aryl methyl sites for hydroxylation is 3. The molecule has 6 heteroatoms. The van der Waals surface area contributed by atoms with Gasteiger partial charge in [0.2, 0.25) is 15.9 Å². The first-order chi connectivity index (χ1) is 15.7. The molecule has 0 saturated carbocycles. The van der Waals surface area contributed by atoms with E-state index in [9.17, 15) is 13.2 Å². The van der Waals surface area contributed by atoms with Gasteiger partial charge in [-0.25, -0.2) is 8.42 Å². The van der Waals surface area contributed by atoms with Crippen molar-refractivity contribution >= 4 is 26.7 Å².